The van der Waals surface area contributed by atoms with Crippen molar-refractivity contribution in [2.75, 3.05) is 30.9 Å². The van der Waals surface area contributed by atoms with Gasteiger partial charge in [0.05, 0.1) is 28.1 Å². The molecule has 0 radical (unpaired) electrons. The Morgan fingerprint density at radius 2 is 1.70 bits per heavy atom. The van der Waals surface area contributed by atoms with Gasteiger partial charge in [-0.1, -0.05) is 35.6 Å². The van der Waals surface area contributed by atoms with Crippen molar-refractivity contribution in [3.63, 3.8) is 0 Å². The Hall–Kier alpha value is -3.58. The maximum Gasteiger partial charge on any atom is 0.418 e. The number of imide groups is 1. The third-order valence-electron chi connectivity index (χ3n) is 9.39. The molecule has 3 aromatic rings. The monoisotopic (exact) mass is 628 g/mol. The van der Waals surface area contributed by atoms with E-state index in [4.69, 9.17) is 0 Å². The van der Waals surface area contributed by atoms with Gasteiger partial charge < -0.3 is 15.2 Å². The summed E-state index contributed by atoms with van der Waals surface area (Å²) in [6.07, 6.45) is -3.98. The minimum atomic E-state index is -4.68. The predicted molar refractivity (Wildman–Crippen MR) is 156 cm³/mol. The van der Waals surface area contributed by atoms with E-state index in [2.05, 4.69) is 22.4 Å². The molecule has 6 unspecified atom stereocenters. The van der Waals surface area contributed by atoms with E-state index < -0.39 is 53.5 Å². The second kappa shape index (κ2) is 9.98. The van der Waals surface area contributed by atoms with Gasteiger partial charge in [0.1, 0.15) is 6.54 Å². The lowest BCUT2D eigenvalue weighted by Gasteiger charge is -2.43. The van der Waals surface area contributed by atoms with E-state index in [0.717, 1.165) is 38.2 Å². The Bertz CT molecular complexity index is 1700. The highest BCUT2D eigenvalue weighted by atomic mass is 32.2. The van der Waals surface area contributed by atoms with Crippen LogP contribution in [0.25, 0.3) is 0 Å². The molecular formula is C30H27F3N4O4S2. The molecule has 43 heavy (non-hydrogen) atoms. The molecule has 0 spiro atoms. The van der Waals surface area contributed by atoms with Crippen LogP contribution in [0.3, 0.4) is 0 Å². The van der Waals surface area contributed by atoms with Crippen molar-refractivity contribution in [3.05, 3.63) is 74.2 Å². The third-order valence-corrected chi connectivity index (χ3v) is 12.0. The van der Waals surface area contributed by atoms with Crippen LogP contribution in [0, 0.1) is 29.6 Å². The second-order valence-electron chi connectivity index (χ2n) is 11.8. The van der Waals surface area contributed by atoms with E-state index in [9.17, 15) is 32.3 Å². The number of thiazole rings is 1. The highest BCUT2D eigenvalue weighted by Crippen LogP contribution is 2.68. The zero-order valence-electron chi connectivity index (χ0n) is 23.1. The number of halogens is 3. The first-order valence-electron chi connectivity index (χ1n) is 13.9. The number of para-hydroxylation sites is 1. The Kier molecular flexibility index (Phi) is 6.55. The smallest absolute Gasteiger partial charge is 0.378 e. The summed E-state index contributed by atoms with van der Waals surface area (Å²) >= 11 is 2.75. The van der Waals surface area contributed by atoms with Crippen molar-refractivity contribution in [2.45, 2.75) is 28.8 Å². The highest BCUT2D eigenvalue weighted by molar-refractivity contribution is 8.00. The van der Waals surface area contributed by atoms with Gasteiger partial charge in [-0.2, -0.15) is 13.2 Å². The van der Waals surface area contributed by atoms with Crippen LogP contribution in [-0.4, -0.2) is 53.5 Å². The van der Waals surface area contributed by atoms with Gasteiger partial charge in [-0.05, 0) is 54.0 Å². The van der Waals surface area contributed by atoms with E-state index >= 15 is 0 Å². The molecule has 13 heteroatoms. The van der Waals surface area contributed by atoms with Crippen LogP contribution < -0.4 is 15.1 Å². The molecule has 2 saturated carbocycles. The molecule has 224 valence electrons. The zero-order valence-corrected chi connectivity index (χ0v) is 24.7. The summed E-state index contributed by atoms with van der Waals surface area (Å²) in [4.78, 5) is 59.5. The molecule has 3 fully saturated rings. The molecule has 8 nitrogen and oxygen atoms in total. The number of fused-ring (bicyclic) bond motifs is 9. The molecule has 1 aromatic heterocycles. The molecule has 2 aromatic carbocycles. The van der Waals surface area contributed by atoms with Crippen LogP contribution in [0.4, 0.5) is 24.5 Å². The van der Waals surface area contributed by atoms with Crippen molar-refractivity contribution in [2.24, 2.45) is 29.6 Å². The molecule has 3 heterocycles. The van der Waals surface area contributed by atoms with Crippen molar-refractivity contribution >= 4 is 52.2 Å². The van der Waals surface area contributed by atoms with Crippen molar-refractivity contribution < 1.29 is 27.6 Å². The summed E-state index contributed by atoms with van der Waals surface area (Å²) in [5.74, 6) is -3.33. The van der Waals surface area contributed by atoms with E-state index in [-0.39, 0.29) is 33.8 Å². The summed E-state index contributed by atoms with van der Waals surface area (Å²) in [7, 11) is 3.91. The van der Waals surface area contributed by atoms with Crippen LogP contribution in [-0.2, 0) is 20.6 Å². The predicted octanol–water partition coefficient (Wildman–Crippen LogP) is 4.63. The number of carbonyl (C=O) groups excluding carboxylic acids is 3. The van der Waals surface area contributed by atoms with Crippen molar-refractivity contribution in [1.29, 1.82) is 0 Å². The van der Waals surface area contributed by atoms with Crippen LogP contribution >= 0.6 is 23.1 Å². The summed E-state index contributed by atoms with van der Waals surface area (Å²) in [5.41, 5.74) is 0.640. The number of amides is 3. The normalized spacial score (nSPS) is 29.0. The number of carbonyl (C=O) groups is 3. The number of aromatic nitrogens is 1. The second-order valence-corrected chi connectivity index (χ2v) is 14.0. The molecule has 2 aliphatic carbocycles. The Morgan fingerprint density at radius 3 is 2.37 bits per heavy atom. The van der Waals surface area contributed by atoms with Gasteiger partial charge in [-0.15, -0.1) is 11.8 Å². The van der Waals surface area contributed by atoms with Gasteiger partial charge in [0.15, 0.2) is 0 Å². The Labute approximate surface area is 252 Å². The number of benzene rings is 2. The van der Waals surface area contributed by atoms with E-state index in [1.165, 1.54) is 23.5 Å². The third kappa shape index (κ3) is 4.42. The van der Waals surface area contributed by atoms with Crippen molar-refractivity contribution in [3.8, 4) is 0 Å². The van der Waals surface area contributed by atoms with E-state index in [0.29, 0.717) is 6.42 Å². The van der Waals surface area contributed by atoms with Crippen LogP contribution in [0.15, 0.2) is 58.4 Å². The standard InChI is InChI=1S/C30H27F3N4O4S2/c1-36(2)14-9-7-13(8-10-14)20-21-15-11-16(24(21)42-26-25(20)43-29(41)35-26)23-22(15)27(39)37(28(23)40)12-19(38)34-18-6-4-3-5-17(18)30(31,32)33/h3-10,15-16,20-24H,11-12H2,1-2H3,(H,34,38)(H,35,41)/t15?,16?,20-,21?,22?,23?,24?/m1/s1. The van der Waals surface area contributed by atoms with E-state index in [1.54, 1.807) is 11.8 Å². The number of likely N-dealkylation sites (tertiary alicyclic amines) is 1. The Balaban J connectivity index is 1.17. The topological polar surface area (TPSA) is 103 Å². The summed E-state index contributed by atoms with van der Waals surface area (Å²) in [6.45, 7) is -0.644. The van der Waals surface area contributed by atoms with Gasteiger partial charge in [0.2, 0.25) is 17.7 Å². The summed E-state index contributed by atoms with van der Waals surface area (Å²) < 4.78 is 40.3. The zero-order chi connectivity index (χ0) is 30.4. The van der Waals surface area contributed by atoms with Crippen LogP contribution in [0.2, 0.25) is 0 Å². The number of rotatable bonds is 5. The van der Waals surface area contributed by atoms with E-state index in [1.807, 2.05) is 31.1 Å². The maximum absolute atomic E-state index is 13.8. The van der Waals surface area contributed by atoms with Gasteiger partial charge in [0, 0.05) is 35.8 Å². The highest BCUT2D eigenvalue weighted by Gasteiger charge is 2.69. The fraction of sp³-hybridized carbons (Fsp3) is 0.400. The average molecular weight is 629 g/mol. The average Bonchev–Trinajstić information content (AvgIpc) is 3.69. The van der Waals surface area contributed by atoms with Gasteiger partial charge in [0.25, 0.3) is 0 Å². The number of nitrogens with one attached hydrogen (secondary N) is 2. The van der Waals surface area contributed by atoms with Crippen LogP contribution in [0.1, 0.15) is 28.3 Å². The lowest BCUT2D eigenvalue weighted by molar-refractivity contribution is -0.143. The number of H-pyrrole nitrogens is 1. The number of anilines is 2. The van der Waals surface area contributed by atoms with Crippen molar-refractivity contribution in [1.82, 2.24) is 9.88 Å². The quantitative estimate of drug-likeness (QED) is 0.400. The number of aromatic amines is 1. The largest absolute Gasteiger partial charge is 0.418 e. The Morgan fingerprint density at radius 1 is 1.02 bits per heavy atom. The fourth-order valence-electron chi connectivity index (χ4n) is 7.76. The molecule has 4 aliphatic rings. The number of alkyl halides is 3. The fourth-order valence-corrected chi connectivity index (χ4v) is 10.6. The van der Waals surface area contributed by atoms with Gasteiger partial charge in [-0.25, -0.2) is 0 Å². The minimum absolute atomic E-state index is 0.00425. The number of thioether (sulfide) groups is 1. The molecule has 7 rings (SSSR count). The molecule has 2 aliphatic heterocycles. The van der Waals surface area contributed by atoms with Gasteiger partial charge in [-0.3, -0.25) is 24.1 Å². The molecule has 3 amide bonds. The lowest BCUT2D eigenvalue weighted by atomic mass is 9.68. The molecule has 1 saturated heterocycles. The number of hydrogen-bond acceptors (Lipinski definition) is 7. The summed E-state index contributed by atoms with van der Waals surface area (Å²) in [5, 5.41) is 3.04. The maximum atomic E-state index is 13.8. The minimum Gasteiger partial charge on any atom is -0.378 e. The SMILES string of the molecule is CN(C)c1ccc([C@H]2c3sc(=O)[nH]c3SC3C4CC(C5C(=O)N(CC(=O)Nc6ccccc6C(F)(F)F)C(=O)C45)C32)cc1. The molecular weight excluding hydrogens is 601 g/mol. The van der Waals surface area contributed by atoms with Crippen LogP contribution in [0.5, 0.6) is 0 Å². The van der Waals surface area contributed by atoms with Gasteiger partial charge >= 0.3 is 11.0 Å². The molecule has 7 atom stereocenters. The first-order chi connectivity index (χ1) is 20.4. The number of hydrogen-bond donors (Lipinski definition) is 2. The lowest BCUT2D eigenvalue weighted by Crippen LogP contribution is -2.42. The molecule has 2 bridgehead atoms. The molecule has 2 N–H and O–H groups in total. The number of nitrogens with zero attached hydrogens (tertiary/aromatic N) is 2. The first-order valence-corrected chi connectivity index (χ1v) is 15.6. The first kappa shape index (κ1) is 28.2. The summed E-state index contributed by atoms with van der Waals surface area (Å²) in [6, 6.07) is 12.8.